The standard InChI is InChI=1S/C15H19N3O5/c1-10(14(19)17-7-3-4-8-17)23-15(20)11-5-6-12(16-2)13(9-11)18(21)22/h5-6,9-10,16H,3-4,7-8H2,1-2H3/t10-/m0/s1. The number of nitro groups is 1. The van der Waals surface area contributed by atoms with Crippen LogP contribution in [-0.2, 0) is 9.53 Å². The summed E-state index contributed by atoms with van der Waals surface area (Å²) >= 11 is 0. The van der Waals surface area contributed by atoms with Crippen molar-refractivity contribution in [3.63, 3.8) is 0 Å². The Morgan fingerprint density at radius 2 is 2.00 bits per heavy atom. The fourth-order valence-corrected chi connectivity index (χ4v) is 2.49. The molecule has 0 spiro atoms. The number of nitrogens with zero attached hydrogens (tertiary/aromatic N) is 2. The van der Waals surface area contributed by atoms with E-state index in [-0.39, 0.29) is 17.2 Å². The molecule has 0 radical (unpaired) electrons. The van der Waals surface area contributed by atoms with Crippen LogP contribution in [-0.4, -0.2) is 47.9 Å². The van der Waals surface area contributed by atoms with Crippen molar-refractivity contribution in [1.29, 1.82) is 0 Å². The van der Waals surface area contributed by atoms with Crippen molar-refractivity contribution in [3.8, 4) is 0 Å². The van der Waals surface area contributed by atoms with Crippen LogP contribution in [0, 0.1) is 10.1 Å². The van der Waals surface area contributed by atoms with Gasteiger partial charge in [0.05, 0.1) is 10.5 Å². The molecule has 0 unspecified atom stereocenters. The lowest BCUT2D eigenvalue weighted by Crippen LogP contribution is -2.38. The van der Waals surface area contributed by atoms with Gasteiger partial charge in [-0.1, -0.05) is 0 Å². The second-order valence-corrected chi connectivity index (χ2v) is 5.32. The first kappa shape index (κ1) is 16.7. The molecule has 0 bridgehead atoms. The van der Waals surface area contributed by atoms with Crippen LogP contribution in [0.15, 0.2) is 18.2 Å². The monoisotopic (exact) mass is 321 g/mol. The highest BCUT2D eigenvalue weighted by Gasteiger charge is 2.27. The first-order valence-electron chi connectivity index (χ1n) is 7.40. The molecule has 1 aliphatic rings. The van der Waals surface area contributed by atoms with Crippen LogP contribution in [0.2, 0.25) is 0 Å². The fourth-order valence-electron chi connectivity index (χ4n) is 2.49. The normalized spacial score (nSPS) is 15.1. The van der Waals surface area contributed by atoms with Gasteiger partial charge < -0.3 is 15.0 Å². The average molecular weight is 321 g/mol. The summed E-state index contributed by atoms with van der Waals surface area (Å²) in [6.45, 7) is 2.85. The van der Waals surface area contributed by atoms with Crippen LogP contribution in [0.1, 0.15) is 30.1 Å². The van der Waals surface area contributed by atoms with Gasteiger partial charge in [0.2, 0.25) is 0 Å². The lowest BCUT2D eigenvalue weighted by atomic mass is 10.1. The van der Waals surface area contributed by atoms with Crippen molar-refractivity contribution in [3.05, 3.63) is 33.9 Å². The van der Waals surface area contributed by atoms with E-state index >= 15 is 0 Å². The number of ether oxygens (including phenoxy) is 1. The van der Waals surface area contributed by atoms with E-state index in [0.717, 1.165) is 18.9 Å². The number of benzene rings is 1. The lowest BCUT2D eigenvalue weighted by Gasteiger charge is -2.20. The Hall–Kier alpha value is -2.64. The Morgan fingerprint density at radius 3 is 2.57 bits per heavy atom. The maximum atomic E-state index is 12.1. The molecule has 1 heterocycles. The maximum absolute atomic E-state index is 12.1. The number of carbonyl (C=O) groups is 2. The molecule has 23 heavy (non-hydrogen) atoms. The molecule has 1 amide bonds. The van der Waals surface area contributed by atoms with Gasteiger partial charge in [-0.3, -0.25) is 14.9 Å². The van der Waals surface area contributed by atoms with E-state index in [9.17, 15) is 19.7 Å². The van der Waals surface area contributed by atoms with Gasteiger partial charge in [-0.2, -0.15) is 0 Å². The fraction of sp³-hybridized carbons (Fsp3) is 0.467. The highest BCUT2D eigenvalue weighted by atomic mass is 16.6. The topological polar surface area (TPSA) is 102 Å². The van der Waals surface area contributed by atoms with E-state index in [1.54, 1.807) is 11.9 Å². The number of likely N-dealkylation sites (tertiary alicyclic amines) is 1. The van der Waals surface area contributed by atoms with Crippen molar-refractivity contribution >= 4 is 23.3 Å². The van der Waals surface area contributed by atoms with Gasteiger partial charge in [0.1, 0.15) is 5.69 Å². The second kappa shape index (κ2) is 7.08. The summed E-state index contributed by atoms with van der Waals surface area (Å²) in [5.41, 5.74) is 0.116. The highest BCUT2D eigenvalue weighted by Crippen LogP contribution is 2.25. The summed E-state index contributed by atoms with van der Waals surface area (Å²) in [6.07, 6.45) is 0.984. The molecule has 124 valence electrons. The minimum atomic E-state index is -0.913. The number of hydrogen-bond donors (Lipinski definition) is 1. The van der Waals surface area contributed by atoms with Gasteiger partial charge in [0.25, 0.3) is 11.6 Å². The first-order valence-corrected chi connectivity index (χ1v) is 7.40. The third kappa shape index (κ3) is 3.77. The van der Waals surface area contributed by atoms with Crippen molar-refractivity contribution in [2.45, 2.75) is 25.9 Å². The Balaban J connectivity index is 2.09. The SMILES string of the molecule is CNc1ccc(C(=O)O[C@@H](C)C(=O)N2CCCC2)cc1[N+](=O)[O-]. The van der Waals surface area contributed by atoms with Crippen molar-refractivity contribution in [1.82, 2.24) is 4.90 Å². The lowest BCUT2D eigenvalue weighted by molar-refractivity contribution is -0.384. The molecule has 1 saturated heterocycles. The number of nitro benzene ring substituents is 1. The van der Waals surface area contributed by atoms with Gasteiger partial charge in [-0.05, 0) is 31.9 Å². The predicted octanol–water partition coefficient (Wildman–Crippen LogP) is 1.80. The molecule has 0 saturated carbocycles. The van der Waals surface area contributed by atoms with Crippen LogP contribution in [0.3, 0.4) is 0 Å². The van der Waals surface area contributed by atoms with Crippen LogP contribution in [0.5, 0.6) is 0 Å². The molecule has 1 aromatic rings. The number of amides is 1. The number of nitrogens with one attached hydrogen (secondary N) is 1. The molecule has 0 aliphatic carbocycles. The van der Waals surface area contributed by atoms with E-state index in [1.165, 1.54) is 19.1 Å². The van der Waals surface area contributed by atoms with E-state index < -0.39 is 17.0 Å². The minimum Gasteiger partial charge on any atom is -0.449 e. The summed E-state index contributed by atoms with van der Waals surface area (Å²) in [5, 5.41) is 13.7. The Kier molecular flexibility index (Phi) is 5.15. The molecular weight excluding hydrogens is 302 g/mol. The molecule has 1 fully saturated rings. The molecule has 0 aromatic heterocycles. The van der Waals surface area contributed by atoms with Crippen LogP contribution in [0.4, 0.5) is 11.4 Å². The van der Waals surface area contributed by atoms with Crippen LogP contribution >= 0.6 is 0 Å². The quantitative estimate of drug-likeness (QED) is 0.504. The average Bonchev–Trinajstić information content (AvgIpc) is 3.07. The summed E-state index contributed by atoms with van der Waals surface area (Å²) in [7, 11) is 1.55. The van der Waals surface area contributed by atoms with Gasteiger partial charge in [-0.15, -0.1) is 0 Å². The number of anilines is 1. The molecule has 1 aromatic carbocycles. The van der Waals surface area contributed by atoms with E-state index in [4.69, 9.17) is 4.74 Å². The largest absolute Gasteiger partial charge is 0.449 e. The highest BCUT2D eigenvalue weighted by molar-refractivity contribution is 5.93. The Bertz CT molecular complexity index is 626. The van der Waals surface area contributed by atoms with Crippen molar-refractivity contribution in [2.75, 3.05) is 25.5 Å². The van der Waals surface area contributed by atoms with Gasteiger partial charge in [0, 0.05) is 26.2 Å². The molecule has 1 aliphatic heterocycles. The zero-order valence-corrected chi connectivity index (χ0v) is 13.1. The van der Waals surface area contributed by atoms with Crippen LogP contribution < -0.4 is 5.32 Å². The molecular formula is C15H19N3O5. The maximum Gasteiger partial charge on any atom is 0.339 e. The zero-order chi connectivity index (χ0) is 17.0. The number of hydrogen-bond acceptors (Lipinski definition) is 6. The van der Waals surface area contributed by atoms with Gasteiger partial charge >= 0.3 is 5.97 Å². The summed E-state index contributed by atoms with van der Waals surface area (Å²) in [4.78, 5) is 36.3. The smallest absolute Gasteiger partial charge is 0.339 e. The molecule has 1 atom stereocenters. The van der Waals surface area contributed by atoms with E-state index in [0.29, 0.717) is 18.8 Å². The Labute approximate surface area is 133 Å². The van der Waals surface area contributed by atoms with Crippen LogP contribution in [0.25, 0.3) is 0 Å². The molecule has 8 heteroatoms. The number of esters is 1. The number of rotatable bonds is 5. The molecule has 8 nitrogen and oxygen atoms in total. The van der Waals surface area contributed by atoms with E-state index in [2.05, 4.69) is 5.32 Å². The molecule has 2 rings (SSSR count). The molecule has 1 N–H and O–H groups in total. The minimum absolute atomic E-state index is 0.0387. The predicted molar refractivity (Wildman–Crippen MR) is 83.3 cm³/mol. The second-order valence-electron chi connectivity index (χ2n) is 5.32. The third-order valence-electron chi connectivity index (χ3n) is 3.75. The van der Waals surface area contributed by atoms with Crippen molar-refractivity contribution < 1.29 is 19.2 Å². The Morgan fingerprint density at radius 1 is 1.35 bits per heavy atom. The third-order valence-corrected chi connectivity index (χ3v) is 3.75. The van der Waals surface area contributed by atoms with Crippen molar-refractivity contribution in [2.24, 2.45) is 0 Å². The zero-order valence-electron chi connectivity index (χ0n) is 13.1. The summed E-state index contributed by atoms with van der Waals surface area (Å²) < 4.78 is 5.15. The van der Waals surface area contributed by atoms with Gasteiger partial charge in [0.15, 0.2) is 6.10 Å². The van der Waals surface area contributed by atoms with Gasteiger partial charge in [-0.25, -0.2) is 4.79 Å². The summed E-state index contributed by atoms with van der Waals surface area (Å²) in [6, 6.07) is 4.00. The summed E-state index contributed by atoms with van der Waals surface area (Å²) in [5.74, 6) is -0.993. The van der Waals surface area contributed by atoms with E-state index in [1.807, 2.05) is 0 Å². The number of carbonyl (C=O) groups excluding carboxylic acids is 2. The first-order chi connectivity index (χ1) is 10.9.